The molecule has 0 bridgehead atoms. The third kappa shape index (κ3) is 5.19. The highest BCUT2D eigenvalue weighted by atomic mass is 35.5. The lowest BCUT2D eigenvalue weighted by Crippen LogP contribution is -2.35. The molecule has 0 aromatic heterocycles. The molecule has 0 aliphatic carbocycles. The summed E-state index contributed by atoms with van der Waals surface area (Å²) in [6.07, 6.45) is 3.06. The van der Waals surface area contributed by atoms with Gasteiger partial charge in [-0.15, -0.1) is 0 Å². The molecule has 1 heterocycles. The van der Waals surface area contributed by atoms with Gasteiger partial charge in [0.1, 0.15) is 0 Å². The van der Waals surface area contributed by atoms with Crippen molar-refractivity contribution in [1.82, 2.24) is 5.32 Å². The van der Waals surface area contributed by atoms with Crippen LogP contribution >= 0.6 is 11.6 Å². The van der Waals surface area contributed by atoms with Gasteiger partial charge >= 0.3 is 5.97 Å². The number of rotatable bonds is 7. The smallest absolute Gasteiger partial charge is 0.338 e. The monoisotopic (exact) mass is 366 g/mol. The lowest BCUT2D eigenvalue weighted by molar-refractivity contribution is -0.124. The Morgan fingerprint density at radius 3 is 2.80 bits per heavy atom. The number of anilines is 1. The van der Waals surface area contributed by atoms with Crippen molar-refractivity contribution in [3.05, 3.63) is 28.8 Å². The van der Waals surface area contributed by atoms with Gasteiger partial charge in [0.2, 0.25) is 5.91 Å². The van der Waals surface area contributed by atoms with Crippen LogP contribution in [-0.4, -0.2) is 37.0 Å². The van der Waals surface area contributed by atoms with E-state index in [2.05, 4.69) is 5.32 Å². The molecule has 136 valence electrons. The molecule has 1 aliphatic rings. The van der Waals surface area contributed by atoms with E-state index in [0.717, 1.165) is 19.3 Å². The molecule has 25 heavy (non-hydrogen) atoms. The van der Waals surface area contributed by atoms with E-state index < -0.39 is 5.97 Å². The molecule has 1 fully saturated rings. The van der Waals surface area contributed by atoms with Crippen LogP contribution in [0.1, 0.15) is 49.9 Å². The predicted octanol–water partition coefficient (Wildman–Crippen LogP) is 2.93. The maximum absolute atomic E-state index is 12.2. The van der Waals surface area contributed by atoms with Gasteiger partial charge in [-0.3, -0.25) is 9.59 Å². The van der Waals surface area contributed by atoms with Crippen molar-refractivity contribution in [2.24, 2.45) is 0 Å². The number of esters is 1. The number of hydrogen-bond donors (Lipinski definition) is 1. The van der Waals surface area contributed by atoms with E-state index in [1.165, 1.54) is 12.1 Å². The first-order valence-electron chi connectivity index (χ1n) is 8.48. The largest absolute Gasteiger partial charge is 0.452 e. The van der Waals surface area contributed by atoms with Crippen LogP contribution in [0.3, 0.4) is 0 Å². The van der Waals surface area contributed by atoms with E-state index >= 15 is 0 Å². The SMILES string of the molecule is CCCC(C)NC(=O)COC(=O)c1ccc(Cl)c(N2CCCC2=O)c1. The van der Waals surface area contributed by atoms with Crippen LogP contribution in [0.5, 0.6) is 0 Å². The molecule has 2 rings (SSSR count). The molecule has 1 aromatic carbocycles. The second-order valence-electron chi connectivity index (χ2n) is 6.15. The number of amides is 2. The number of hydrogen-bond acceptors (Lipinski definition) is 4. The van der Waals surface area contributed by atoms with Crippen LogP contribution in [-0.2, 0) is 14.3 Å². The van der Waals surface area contributed by atoms with E-state index in [-0.39, 0.29) is 30.0 Å². The van der Waals surface area contributed by atoms with Gasteiger partial charge in [0.05, 0.1) is 16.3 Å². The lowest BCUT2D eigenvalue weighted by Gasteiger charge is -2.18. The van der Waals surface area contributed by atoms with Crippen molar-refractivity contribution >= 4 is 35.1 Å². The van der Waals surface area contributed by atoms with Gasteiger partial charge < -0.3 is 15.0 Å². The molecule has 0 radical (unpaired) electrons. The van der Waals surface area contributed by atoms with Crippen molar-refractivity contribution in [3.8, 4) is 0 Å². The Hall–Kier alpha value is -2.08. The number of halogens is 1. The van der Waals surface area contributed by atoms with E-state index in [1.54, 1.807) is 11.0 Å². The molecule has 1 aliphatic heterocycles. The minimum absolute atomic E-state index is 0.0169. The Morgan fingerprint density at radius 2 is 2.16 bits per heavy atom. The molecular weight excluding hydrogens is 344 g/mol. The van der Waals surface area contributed by atoms with E-state index in [0.29, 0.717) is 23.7 Å². The summed E-state index contributed by atoms with van der Waals surface area (Å²) in [5.41, 5.74) is 0.758. The molecule has 7 heteroatoms. The van der Waals surface area contributed by atoms with Gasteiger partial charge in [-0.1, -0.05) is 24.9 Å². The molecule has 1 saturated heterocycles. The van der Waals surface area contributed by atoms with E-state index in [4.69, 9.17) is 16.3 Å². The summed E-state index contributed by atoms with van der Waals surface area (Å²) in [6, 6.07) is 4.65. The number of ether oxygens (including phenoxy) is 1. The summed E-state index contributed by atoms with van der Waals surface area (Å²) in [6.45, 7) is 4.18. The lowest BCUT2D eigenvalue weighted by atomic mass is 10.2. The topological polar surface area (TPSA) is 75.7 Å². The second kappa shape index (κ2) is 8.85. The summed E-state index contributed by atoms with van der Waals surface area (Å²) >= 11 is 6.15. The number of nitrogens with zero attached hydrogens (tertiary/aromatic N) is 1. The predicted molar refractivity (Wildman–Crippen MR) is 95.8 cm³/mol. The molecular formula is C18H23ClN2O4. The van der Waals surface area contributed by atoms with Crippen LogP contribution in [0, 0.1) is 0 Å². The Balaban J connectivity index is 1.98. The summed E-state index contributed by atoms with van der Waals surface area (Å²) in [5.74, 6) is -0.974. The zero-order chi connectivity index (χ0) is 18.4. The molecule has 2 amide bonds. The molecule has 1 N–H and O–H groups in total. The third-order valence-corrected chi connectivity index (χ3v) is 4.33. The zero-order valence-corrected chi connectivity index (χ0v) is 15.3. The van der Waals surface area contributed by atoms with Crippen LogP contribution in [0.15, 0.2) is 18.2 Å². The normalized spacial score (nSPS) is 15.2. The first-order valence-corrected chi connectivity index (χ1v) is 8.86. The number of nitrogens with one attached hydrogen (secondary N) is 1. The summed E-state index contributed by atoms with van der Waals surface area (Å²) < 4.78 is 5.06. The van der Waals surface area contributed by atoms with E-state index in [1.807, 2.05) is 13.8 Å². The maximum atomic E-state index is 12.2. The van der Waals surface area contributed by atoms with Gasteiger partial charge in [0.25, 0.3) is 5.91 Å². The van der Waals surface area contributed by atoms with Gasteiger partial charge in [-0.2, -0.15) is 0 Å². The van der Waals surface area contributed by atoms with Gasteiger partial charge in [0.15, 0.2) is 6.61 Å². The first-order chi connectivity index (χ1) is 11.9. The average molecular weight is 367 g/mol. The van der Waals surface area contributed by atoms with Crippen molar-refractivity contribution in [2.75, 3.05) is 18.1 Å². The fourth-order valence-corrected chi connectivity index (χ4v) is 3.01. The summed E-state index contributed by atoms with van der Waals surface area (Å²) in [5, 5.41) is 3.17. The van der Waals surface area contributed by atoms with Crippen molar-refractivity contribution in [1.29, 1.82) is 0 Å². The minimum Gasteiger partial charge on any atom is -0.452 e. The summed E-state index contributed by atoms with van der Waals surface area (Å²) in [7, 11) is 0. The summed E-state index contributed by atoms with van der Waals surface area (Å²) in [4.78, 5) is 37.4. The minimum atomic E-state index is -0.622. The molecule has 0 spiro atoms. The number of benzene rings is 1. The molecule has 1 unspecified atom stereocenters. The fourth-order valence-electron chi connectivity index (χ4n) is 2.79. The van der Waals surface area contributed by atoms with Crippen molar-refractivity contribution in [3.63, 3.8) is 0 Å². The standard InChI is InChI=1S/C18H23ClN2O4/c1-3-5-12(2)20-16(22)11-25-18(24)13-7-8-14(19)15(10-13)21-9-4-6-17(21)23/h7-8,10,12H,3-6,9,11H2,1-2H3,(H,20,22). The Kier molecular flexibility index (Phi) is 6.82. The van der Waals surface area contributed by atoms with E-state index in [9.17, 15) is 14.4 Å². The quantitative estimate of drug-likeness (QED) is 0.753. The highest BCUT2D eigenvalue weighted by Gasteiger charge is 2.24. The van der Waals surface area contributed by atoms with Crippen molar-refractivity contribution in [2.45, 2.75) is 45.6 Å². The van der Waals surface area contributed by atoms with Gasteiger partial charge in [-0.05, 0) is 38.0 Å². The van der Waals surface area contributed by atoms with Crippen LogP contribution in [0.25, 0.3) is 0 Å². The second-order valence-corrected chi connectivity index (χ2v) is 6.56. The van der Waals surface area contributed by atoms with Crippen molar-refractivity contribution < 1.29 is 19.1 Å². The molecule has 1 aromatic rings. The van der Waals surface area contributed by atoms with Crippen LogP contribution in [0.4, 0.5) is 5.69 Å². The first kappa shape index (κ1) is 19.2. The molecule has 1 atom stereocenters. The Bertz CT molecular complexity index is 662. The zero-order valence-electron chi connectivity index (χ0n) is 14.5. The number of carbonyl (C=O) groups is 3. The Morgan fingerprint density at radius 1 is 1.40 bits per heavy atom. The average Bonchev–Trinajstić information content (AvgIpc) is 2.99. The number of carbonyl (C=O) groups excluding carboxylic acids is 3. The van der Waals surface area contributed by atoms with Gasteiger partial charge in [0, 0.05) is 19.0 Å². The third-order valence-electron chi connectivity index (χ3n) is 4.01. The van der Waals surface area contributed by atoms with Gasteiger partial charge in [-0.25, -0.2) is 4.79 Å². The highest BCUT2D eigenvalue weighted by Crippen LogP contribution is 2.30. The molecule has 6 nitrogen and oxygen atoms in total. The Labute approximate surface area is 152 Å². The maximum Gasteiger partial charge on any atom is 0.338 e. The van der Waals surface area contributed by atoms with Crippen LogP contribution in [0.2, 0.25) is 5.02 Å². The van der Waals surface area contributed by atoms with Crippen LogP contribution < -0.4 is 10.2 Å². The molecule has 0 saturated carbocycles. The fraction of sp³-hybridized carbons (Fsp3) is 0.500. The highest BCUT2D eigenvalue weighted by molar-refractivity contribution is 6.34.